The lowest BCUT2D eigenvalue weighted by molar-refractivity contribution is 0.0541. The molecule has 0 fully saturated rings. The summed E-state index contributed by atoms with van der Waals surface area (Å²) in [6, 6.07) is 8.36. The number of aromatic nitrogens is 1. The monoisotopic (exact) mass is 316 g/mol. The van der Waals surface area contributed by atoms with Crippen LogP contribution in [0.2, 0.25) is 0 Å². The van der Waals surface area contributed by atoms with Crippen molar-refractivity contribution in [2.45, 2.75) is 46.1 Å². The second kappa shape index (κ2) is 6.75. The van der Waals surface area contributed by atoms with Gasteiger partial charge in [-0.2, -0.15) is 0 Å². The summed E-state index contributed by atoms with van der Waals surface area (Å²) < 4.78 is 7.17. The lowest BCUT2D eigenvalue weighted by Crippen LogP contribution is -2.27. The molecule has 0 spiro atoms. The first-order valence-corrected chi connectivity index (χ1v) is 8.16. The Kier molecular flexibility index (Phi) is 5.15. The molecule has 2 rings (SSSR count). The number of rotatable bonds is 4. The van der Waals surface area contributed by atoms with E-state index in [2.05, 4.69) is 37.2 Å². The first kappa shape index (κ1) is 17.5. The highest BCUT2D eigenvalue weighted by atomic mass is 16.6. The van der Waals surface area contributed by atoms with E-state index in [1.807, 2.05) is 33.8 Å². The molecule has 0 saturated heterocycles. The standard InChI is InChI=1S/C19H28N2O2/c1-14-12-16-13-15(8-7-11-20(5)6)9-10-17(16)21(14)18(22)23-19(2,3)4/h9-10,12-13H,7-8,11H2,1-6H3. The lowest BCUT2D eigenvalue weighted by atomic mass is 10.1. The van der Waals surface area contributed by atoms with E-state index in [9.17, 15) is 4.79 Å². The van der Waals surface area contributed by atoms with Crippen molar-refractivity contribution in [2.75, 3.05) is 20.6 Å². The zero-order valence-electron chi connectivity index (χ0n) is 15.1. The number of benzene rings is 1. The second-order valence-electron chi connectivity index (χ2n) is 7.40. The van der Waals surface area contributed by atoms with Gasteiger partial charge < -0.3 is 9.64 Å². The Morgan fingerprint density at radius 1 is 1.22 bits per heavy atom. The van der Waals surface area contributed by atoms with Gasteiger partial charge in [0.1, 0.15) is 5.60 Å². The SMILES string of the molecule is Cc1cc2cc(CCCN(C)C)ccc2n1C(=O)OC(C)(C)C. The van der Waals surface area contributed by atoms with Crippen molar-refractivity contribution in [3.63, 3.8) is 0 Å². The molecule has 0 amide bonds. The molecule has 0 bridgehead atoms. The quantitative estimate of drug-likeness (QED) is 0.846. The summed E-state index contributed by atoms with van der Waals surface area (Å²) in [5.74, 6) is 0. The number of hydrogen-bond donors (Lipinski definition) is 0. The smallest absolute Gasteiger partial charge is 0.419 e. The largest absolute Gasteiger partial charge is 0.443 e. The molecule has 23 heavy (non-hydrogen) atoms. The van der Waals surface area contributed by atoms with Gasteiger partial charge in [0.25, 0.3) is 0 Å². The Hall–Kier alpha value is -1.81. The predicted molar refractivity (Wildman–Crippen MR) is 95.2 cm³/mol. The summed E-state index contributed by atoms with van der Waals surface area (Å²) in [5, 5.41) is 1.09. The van der Waals surface area contributed by atoms with Crippen LogP contribution in [-0.2, 0) is 11.2 Å². The number of ether oxygens (including phenoxy) is 1. The average Bonchev–Trinajstić information content (AvgIpc) is 2.71. The van der Waals surface area contributed by atoms with Crippen LogP contribution in [0.1, 0.15) is 38.4 Å². The van der Waals surface area contributed by atoms with Crippen LogP contribution < -0.4 is 0 Å². The highest BCUT2D eigenvalue weighted by molar-refractivity contribution is 5.91. The molecule has 0 unspecified atom stereocenters. The Morgan fingerprint density at radius 3 is 2.52 bits per heavy atom. The normalized spacial score (nSPS) is 12.1. The van der Waals surface area contributed by atoms with Crippen LogP contribution in [-0.4, -0.2) is 41.8 Å². The Morgan fingerprint density at radius 2 is 1.91 bits per heavy atom. The fourth-order valence-electron chi connectivity index (χ4n) is 2.71. The summed E-state index contributed by atoms with van der Waals surface area (Å²) in [6.07, 6.45) is 1.86. The molecule has 0 atom stereocenters. The van der Waals surface area contributed by atoms with Gasteiger partial charge >= 0.3 is 6.09 Å². The zero-order valence-corrected chi connectivity index (χ0v) is 15.1. The predicted octanol–water partition coefficient (Wildman–Crippen LogP) is 4.23. The molecular weight excluding hydrogens is 288 g/mol. The van der Waals surface area contributed by atoms with E-state index >= 15 is 0 Å². The van der Waals surface area contributed by atoms with E-state index in [1.165, 1.54) is 5.56 Å². The number of hydrogen-bond acceptors (Lipinski definition) is 3. The third-order valence-corrected chi connectivity index (χ3v) is 3.70. The van der Waals surface area contributed by atoms with E-state index in [-0.39, 0.29) is 6.09 Å². The summed E-state index contributed by atoms with van der Waals surface area (Å²) in [5.41, 5.74) is 2.63. The molecule has 4 nitrogen and oxygen atoms in total. The molecule has 0 aliphatic heterocycles. The van der Waals surface area contributed by atoms with Crippen molar-refractivity contribution in [3.05, 3.63) is 35.5 Å². The number of fused-ring (bicyclic) bond motifs is 1. The molecule has 0 N–H and O–H groups in total. The van der Waals surface area contributed by atoms with Crippen molar-refractivity contribution in [2.24, 2.45) is 0 Å². The van der Waals surface area contributed by atoms with Gasteiger partial charge in [0.15, 0.2) is 0 Å². The molecule has 0 aliphatic carbocycles. The topological polar surface area (TPSA) is 34.5 Å². The maximum absolute atomic E-state index is 12.4. The molecule has 0 saturated carbocycles. The minimum Gasteiger partial charge on any atom is -0.443 e. The first-order valence-electron chi connectivity index (χ1n) is 8.16. The fraction of sp³-hybridized carbons (Fsp3) is 0.526. The van der Waals surface area contributed by atoms with Gasteiger partial charge in [-0.1, -0.05) is 6.07 Å². The van der Waals surface area contributed by atoms with Crippen molar-refractivity contribution < 1.29 is 9.53 Å². The van der Waals surface area contributed by atoms with Gasteiger partial charge in [0, 0.05) is 11.1 Å². The number of carbonyl (C=O) groups is 1. The van der Waals surface area contributed by atoms with Crippen LogP contribution in [0.3, 0.4) is 0 Å². The average molecular weight is 316 g/mol. The van der Waals surface area contributed by atoms with Crippen LogP contribution in [0.15, 0.2) is 24.3 Å². The third-order valence-electron chi connectivity index (χ3n) is 3.70. The van der Waals surface area contributed by atoms with Crippen LogP contribution in [0.25, 0.3) is 10.9 Å². The van der Waals surface area contributed by atoms with Gasteiger partial charge in [-0.25, -0.2) is 9.36 Å². The second-order valence-corrected chi connectivity index (χ2v) is 7.40. The minimum atomic E-state index is -0.494. The molecule has 0 radical (unpaired) electrons. The maximum Gasteiger partial charge on any atom is 0.419 e. The highest BCUT2D eigenvalue weighted by Gasteiger charge is 2.20. The fourth-order valence-corrected chi connectivity index (χ4v) is 2.71. The van der Waals surface area contributed by atoms with Gasteiger partial charge in [-0.05, 0) is 84.9 Å². The van der Waals surface area contributed by atoms with Crippen molar-refractivity contribution in [1.82, 2.24) is 9.47 Å². The molecule has 2 aromatic rings. The highest BCUT2D eigenvalue weighted by Crippen LogP contribution is 2.23. The van der Waals surface area contributed by atoms with E-state index in [1.54, 1.807) is 4.57 Å². The minimum absolute atomic E-state index is 0.314. The maximum atomic E-state index is 12.4. The van der Waals surface area contributed by atoms with Crippen LogP contribution in [0, 0.1) is 6.92 Å². The van der Waals surface area contributed by atoms with E-state index in [0.717, 1.165) is 36.0 Å². The van der Waals surface area contributed by atoms with Crippen LogP contribution in [0.4, 0.5) is 4.79 Å². The molecule has 1 heterocycles. The van der Waals surface area contributed by atoms with Gasteiger partial charge in [0.2, 0.25) is 0 Å². The Bertz CT molecular complexity index is 693. The third kappa shape index (κ3) is 4.58. The molecule has 0 aliphatic rings. The molecule has 1 aromatic carbocycles. The first-order chi connectivity index (χ1) is 10.7. The van der Waals surface area contributed by atoms with E-state index in [0.29, 0.717) is 0 Å². The van der Waals surface area contributed by atoms with Crippen molar-refractivity contribution in [3.8, 4) is 0 Å². The van der Waals surface area contributed by atoms with Crippen LogP contribution in [0.5, 0.6) is 0 Å². The van der Waals surface area contributed by atoms with Crippen molar-refractivity contribution >= 4 is 17.0 Å². The van der Waals surface area contributed by atoms with Crippen LogP contribution >= 0.6 is 0 Å². The Labute approximate surface area is 139 Å². The molecular formula is C19H28N2O2. The molecule has 1 aromatic heterocycles. The molecule has 126 valence electrons. The van der Waals surface area contributed by atoms with E-state index < -0.39 is 5.60 Å². The number of aryl methyl sites for hydroxylation is 2. The van der Waals surface area contributed by atoms with Crippen molar-refractivity contribution in [1.29, 1.82) is 0 Å². The summed E-state index contributed by atoms with van der Waals surface area (Å²) in [4.78, 5) is 14.6. The Balaban J connectivity index is 2.24. The summed E-state index contributed by atoms with van der Waals surface area (Å²) in [7, 11) is 4.18. The zero-order chi connectivity index (χ0) is 17.2. The van der Waals surface area contributed by atoms with E-state index in [4.69, 9.17) is 4.74 Å². The van der Waals surface area contributed by atoms with Gasteiger partial charge in [-0.3, -0.25) is 0 Å². The summed E-state index contributed by atoms with van der Waals surface area (Å²) in [6.45, 7) is 8.67. The lowest BCUT2D eigenvalue weighted by Gasteiger charge is -2.20. The van der Waals surface area contributed by atoms with Gasteiger partial charge in [-0.15, -0.1) is 0 Å². The molecule has 4 heteroatoms. The number of carbonyl (C=O) groups excluding carboxylic acids is 1. The number of nitrogens with zero attached hydrogens (tertiary/aromatic N) is 2. The summed E-state index contributed by atoms with van der Waals surface area (Å²) >= 11 is 0. The van der Waals surface area contributed by atoms with Gasteiger partial charge in [0.05, 0.1) is 5.52 Å².